The fourth-order valence-electron chi connectivity index (χ4n) is 3.31. The van der Waals surface area contributed by atoms with Gasteiger partial charge in [0.1, 0.15) is 6.26 Å². The largest absolute Gasteiger partial charge is 0.451 e. The van der Waals surface area contributed by atoms with E-state index in [1.165, 1.54) is 6.39 Å². The van der Waals surface area contributed by atoms with Gasteiger partial charge in [0.2, 0.25) is 5.91 Å². The summed E-state index contributed by atoms with van der Waals surface area (Å²) in [5.74, 6) is -0.274. The molecule has 8 heteroatoms. The van der Waals surface area contributed by atoms with Gasteiger partial charge in [0.15, 0.2) is 6.39 Å². The van der Waals surface area contributed by atoms with Crippen molar-refractivity contribution in [2.75, 3.05) is 11.9 Å². The normalized spacial score (nSPS) is 17.2. The Hall–Kier alpha value is -2.18. The molecule has 130 valence electrons. The van der Waals surface area contributed by atoms with E-state index in [4.69, 9.17) is 27.6 Å². The monoisotopic (exact) mass is 378 g/mol. The number of hydrogen-bond acceptors (Lipinski definition) is 4. The van der Waals surface area contributed by atoms with Gasteiger partial charge in [-0.1, -0.05) is 23.2 Å². The molecule has 0 unspecified atom stereocenters. The average Bonchev–Trinajstić information content (AvgIpc) is 3.21. The first-order chi connectivity index (χ1) is 12.1. The predicted octanol–water partition coefficient (Wildman–Crippen LogP) is 3.85. The molecule has 0 aliphatic carbocycles. The lowest BCUT2D eigenvalue weighted by molar-refractivity contribution is -0.121. The van der Waals surface area contributed by atoms with Gasteiger partial charge in [-0.25, -0.2) is 4.98 Å². The Kier molecular flexibility index (Phi) is 4.09. The van der Waals surface area contributed by atoms with Crippen LogP contribution < -0.4 is 10.6 Å². The molecule has 3 heterocycles. The third-order valence-corrected chi connectivity index (χ3v) is 5.32. The van der Waals surface area contributed by atoms with Crippen molar-refractivity contribution < 1.29 is 9.21 Å². The van der Waals surface area contributed by atoms with Crippen LogP contribution in [-0.4, -0.2) is 22.4 Å². The maximum atomic E-state index is 12.3. The van der Waals surface area contributed by atoms with E-state index in [9.17, 15) is 4.79 Å². The number of aromatic amines is 1. The topological polar surface area (TPSA) is 83.0 Å². The minimum Gasteiger partial charge on any atom is -0.451 e. The van der Waals surface area contributed by atoms with E-state index >= 15 is 0 Å². The number of fused-ring (bicyclic) bond motifs is 3. The van der Waals surface area contributed by atoms with Crippen molar-refractivity contribution in [1.29, 1.82) is 0 Å². The van der Waals surface area contributed by atoms with Crippen molar-refractivity contribution in [2.24, 2.45) is 0 Å². The number of H-pyrrole nitrogens is 1. The van der Waals surface area contributed by atoms with Crippen LogP contribution in [0.2, 0.25) is 10.0 Å². The van der Waals surface area contributed by atoms with Crippen molar-refractivity contribution in [3.8, 4) is 0 Å². The molecule has 0 saturated carbocycles. The SMILES string of the molecule is C[C@@H]1C(=O)NCCc2[nH]c3c(Cl)c(Cl)cc(NCc4cocn4)c3c21. The van der Waals surface area contributed by atoms with Crippen LogP contribution in [0.5, 0.6) is 0 Å². The van der Waals surface area contributed by atoms with Crippen molar-refractivity contribution in [3.63, 3.8) is 0 Å². The number of carbonyl (C=O) groups excluding carboxylic acids is 1. The Labute approximate surface area is 153 Å². The standard InChI is InChI=1S/C17H16Cl2N4O2/c1-8-13-11(2-3-20-17(8)24)23-16-14(13)12(4-10(18)15(16)19)21-5-9-6-25-7-22-9/h4,6-8,21,23H,2-3,5H2,1H3,(H,20,24)/t8-/m0/s1. The first-order valence-electron chi connectivity index (χ1n) is 7.97. The molecule has 3 aromatic rings. The van der Waals surface area contributed by atoms with Gasteiger partial charge in [0.05, 0.1) is 33.7 Å². The molecular weight excluding hydrogens is 363 g/mol. The number of anilines is 1. The zero-order valence-electron chi connectivity index (χ0n) is 13.5. The Morgan fingerprint density at radius 1 is 1.44 bits per heavy atom. The number of hydrogen-bond donors (Lipinski definition) is 3. The molecule has 4 rings (SSSR count). The summed E-state index contributed by atoms with van der Waals surface area (Å²) in [7, 11) is 0. The summed E-state index contributed by atoms with van der Waals surface area (Å²) in [4.78, 5) is 19.8. The lowest BCUT2D eigenvalue weighted by atomic mass is 9.96. The number of nitrogens with zero attached hydrogens (tertiary/aromatic N) is 1. The zero-order valence-corrected chi connectivity index (χ0v) is 15.0. The summed E-state index contributed by atoms with van der Waals surface area (Å²) >= 11 is 12.7. The van der Waals surface area contributed by atoms with Gasteiger partial charge in [-0.3, -0.25) is 4.79 Å². The fourth-order valence-corrected chi connectivity index (χ4v) is 3.71. The summed E-state index contributed by atoms with van der Waals surface area (Å²) in [5, 5.41) is 8.08. The molecule has 0 spiro atoms. The van der Waals surface area contributed by atoms with Gasteiger partial charge in [-0.15, -0.1) is 0 Å². The third-order valence-electron chi connectivity index (χ3n) is 4.53. The lowest BCUT2D eigenvalue weighted by Crippen LogP contribution is -2.26. The Balaban J connectivity index is 1.88. The van der Waals surface area contributed by atoms with Crippen LogP contribution in [0.1, 0.15) is 29.8 Å². The Bertz CT molecular complexity index is 950. The van der Waals surface area contributed by atoms with Gasteiger partial charge < -0.3 is 20.0 Å². The molecule has 1 aliphatic rings. The van der Waals surface area contributed by atoms with E-state index in [1.54, 1.807) is 12.3 Å². The molecule has 1 aliphatic heterocycles. The maximum Gasteiger partial charge on any atom is 0.227 e. The Morgan fingerprint density at radius 3 is 3.04 bits per heavy atom. The first-order valence-corrected chi connectivity index (χ1v) is 8.73. The van der Waals surface area contributed by atoms with Gasteiger partial charge >= 0.3 is 0 Å². The average molecular weight is 379 g/mol. The van der Waals surface area contributed by atoms with E-state index in [1.807, 2.05) is 6.92 Å². The van der Waals surface area contributed by atoms with Gasteiger partial charge in [-0.05, 0) is 18.6 Å². The van der Waals surface area contributed by atoms with Crippen LogP contribution in [0.4, 0.5) is 5.69 Å². The van der Waals surface area contributed by atoms with Gasteiger partial charge in [0.25, 0.3) is 0 Å². The second-order valence-corrected chi connectivity index (χ2v) is 6.87. The summed E-state index contributed by atoms with van der Waals surface area (Å²) in [5.41, 5.74) is 4.31. The molecule has 0 saturated heterocycles. The molecule has 25 heavy (non-hydrogen) atoms. The van der Waals surface area contributed by atoms with Crippen LogP contribution in [0.15, 0.2) is 23.1 Å². The molecule has 2 aromatic heterocycles. The number of aromatic nitrogens is 2. The van der Waals surface area contributed by atoms with Crippen LogP contribution in [0.25, 0.3) is 10.9 Å². The highest BCUT2D eigenvalue weighted by molar-refractivity contribution is 6.45. The first kappa shape index (κ1) is 16.3. The number of oxazole rings is 1. The van der Waals surface area contributed by atoms with Crippen molar-refractivity contribution in [2.45, 2.75) is 25.8 Å². The summed E-state index contributed by atoms with van der Waals surface area (Å²) in [6, 6.07) is 1.79. The molecular formula is C17H16Cl2N4O2. The second kappa shape index (κ2) is 6.28. The van der Waals surface area contributed by atoms with Crippen LogP contribution in [-0.2, 0) is 17.8 Å². The van der Waals surface area contributed by atoms with Crippen LogP contribution >= 0.6 is 23.2 Å². The highest BCUT2D eigenvalue weighted by atomic mass is 35.5. The van der Waals surface area contributed by atoms with E-state index in [0.717, 1.165) is 40.0 Å². The van der Waals surface area contributed by atoms with E-state index in [2.05, 4.69) is 20.6 Å². The summed E-state index contributed by atoms with van der Waals surface area (Å²) in [6.07, 6.45) is 3.68. The number of nitrogens with one attached hydrogen (secondary N) is 3. The predicted molar refractivity (Wildman–Crippen MR) is 97.3 cm³/mol. The van der Waals surface area contributed by atoms with E-state index in [0.29, 0.717) is 23.1 Å². The molecule has 1 amide bonds. The van der Waals surface area contributed by atoms with Gasteiger partial charge in [0, 0.05) is 29.7 Å². The minimum absolute atomic E-state index is 0.00757. The smallest absolute Gasteiger partial charge is 0.227 e. The molecule has 1 aromatic carbocycles. The molecule has 6 nitrogen and oxygen atoms in total. The second-order valence-electron chi connectivity index (χ2n) is 6.08. The van der Waals surface area contributed by atoms with E-state index in [-0.39, 0.29) is 11.8 Å². The van der Waals surface area contributed by atoms with Crippen LogP contribution in [0, 0.1) is 0 Å². The highest BCUT2D eigenvalue weighted by Gasteiger charge is 2.28. The van der Waals surface area contributed by atoms with Crippen LogP contribution in [0.3, 0.4) is 0 Å². The lowest BCUT2D eigenvalue weighted by Gasteiger charge is -2.13. The molecule has 0 fully saturated rings. The van der Waals surface area contributed by atoms with Crippen molar-refractivity contribution >= 4 is 45.7 Å². The van der Waals surface area contributed by atoms with Crippen molar-refractivity contribution in [3.05, 3.63) is 45.7 Å². The number of rotatable bonds is 3. The minimum atomic E-state index is -0.281. The molecule has 3 N–H and O–H groups in total. The molecule has 0 bridgehead atoms. The maximum absolute atomic E-state index is 12.3. The van der Waals surface area contributed by atoms with Crippen molar-refractivity contribution in [1.82, 2.24) is 15.3 Å². The fraction of sp³-hybridized carbons (Fsp3) is 0.294. The number of halogens is 2. The summed E-state index contributed by atoms with van der Waals surface area (Å²) in [6.45, 7) is 2.97. The number of carbonyl (C=O) groups is 1. The molecule has 0 radical (unpaired) electrons. The number of benzene rings is 1. The highest BCUT2D eigenvalue weighted by Crippen LogP contribution is 2.42. The molecule has 1 atom stereocenters. The third kappa shape index (κ3) is 2.75. The summed E-state index contributed by atoms with van der Waals surface area (Å²) < 4.78 is 5.00. The van der Waals surface area contributed by atoms with E-state index < -0.39 is 0 Å². The Morgan fingerprint density at radius 2 is 2.28 bits per heavy atom. The number of amides is 1. The quantitative estimate of drug-likeness (QED) is 0.646. The van der Waals surface area contributed by atoms with Gasteiger partial charge in [-0.2, -0.15) is 0 Å². The zero-order chi connectivity index (χ0) is 17.6.